The van der Waals surface area contributed by atoms with Crippen LogP contribution in [0, 0.1) is 0 Å². The Morgan fingerprint density at radius 1 is 0.880 bits per heavy atom. The summed E-state index contributed by atoms with van der Waals surface area (Å²) in [4.78, 5) is 0. The second-order valence-electron chi connectivity index (χ2n) is 5.82. The fourth-order valence-electron chi connectivity index (χ4n) is 2.58. The summed E-state index contributed by atoms with van der Waals surface area (Å²) < 4.78 is 29.2. The molecule has 1 N–H and O–H groups in total. The van der Waals surface area contributed by atoms with E-state index in [2.05, 4.69) is 4.72 Å². The molecule has 0 aliphatic heterocycles. The van der Waals surface area contributed by atoms with Crippen LogP contribution in [0.3, 0.4) is 0 Å². The Kier molecular flexibility index (Phi) is 5.58. The Morgan fingerprint density at radius 3 is 2.32 bits per heavy atom. The lowest BCUT2D eigenvalue weighted by atomic mass is 10.2. The molecule has 0 fully saturated rings. The smallest absolute Gasteiger partial charge is 0.216 e. The van der Waals surface area contributed by atoms with Gasteiger partial charge in [-0.05, 0) is 35.4 Å². The lowest BCUT2D eigenvalue weighted by molar-refractivity contribution is 0.577. The number of hydrogen-bond acceptors (Lipinski definition) is 2. The van der Waals surface area contributed by atoms with Crippen molar-refractivity contribution in [2.75, 3.05) is 0 Å². The first-order valence-corrected chi connectivity index (χ1v) is 9.94. The third kappa shape index (κ3) is 5.19. The first-order chi connectivity index (χ1) is 12.0. The van der Waals surface area contributed by atoms with Crippen molar-refractivity contribution in [2.45, 2.75) is 18.8 Å². The number of halogens is 1. The van der Waals surface area contributed by atoms with Crippen molar-refractivity contribution < 1.29 is 8.42 Å². The van der Waals surface area contributed by atoms with Crippen LogP contribution in [0.2, 0.25) is 5.02 Å². The fourth-order valence-corrected chi connectivity index (χ4v) is 3.81. The Morgan fingerprint density at radius 2 is 1.60 bits per heavy atom. The molecule has 0 bridgehead atoms. The molecule has 0 saturated carbocycles. The van der Waals surface area contributed by atoms with Crippen molar-refractivity contribution in [3.05, 3.63) is 94.8 Å². The number of hydrogen-bond donors (Lipinski definition) is 1. The van der Waals surface area contributed by atoms with Gasteiger partial charge < -0.3 is 4.57 Å². The zero-order valence-corrected chi connectivity index (χ0v) is 15.2. The summed E-state index contributed by atoms with van der Waals surface area (Å²) in [6, 6.07) is 20.6. The minimum Gasteiger partial charge on any atom is -0.346 e. The second kappa shape index (κ2) is 7.87. The number of nitrogens with one attached hydrogen (secondary N) is 1. The van der Waals surface area contributed by atoms with Crippen LogP contribution < -0.4 is 4.72 Å². The van der Waals surface area contributed by atoms with E-state index in [4.69, 9.17) is 11.6 Å². The van der Waals surface area contributed by atoms with Crippen molar-refractivity contribution in [2.24, 2.45) is 0 Å². The van der Waals surface area contributed by atoms with Gasteiger partial charge in [0.2, 0.25) is 10.0 Å². The third-order valence-electron chi connectivity index (χ3n) is 3.86. The molecule has 0 aliphatic rings. The summed E-state index contributed by atoms with van der Waals surface area (Å²) >= 11 is 5.91. The van der Waals surface area contributed by atoms with Crippen molar-refractivity contribution in [3.8, 4) is 0 Å². The SMILES string of the molecule is O=S(=O)(Cc1ccccc1)NCc1cccn1Cc1ccc(Cl)cc1. The van der Waals surface area contributed by atoms with Gasteiger partial charge in [-0.15, -0.1) is 0 Å². The second-order valence-corrected chi connectivity index (χ2v) is 8.06. The van der Waals surface area contributed by atoms with Gasteiger partial charge in [0.05, 0.1) is 12.3 Å². The molecule has 0 unspecified atom stereocenters. The molecule has 1 aromatic heterocycles. The van der Waals surface area contributed by atoms with E-state index in [1.54, 1.807) is 0 Å². The van der Waals surface area contributed by atoms with Gasteiger partial charge in [-0.1, -0.05) is 54.1 Å². The lowest BCUT2D eigenvalue weighted by Crippen LogP contribution is -2.26. The fraction of sp³-hybridized carbons (Fsp3) is 0.158. The molecule has 0 amide bonds. The highest BCUT2D eigenvalue weighted by molar-refractivity contribution is 7.88. The van der Waals surface area contributed by atoms with Crippen molar-refractivity contribution in [3.63, 3.8) is 0 Å². The Balaban J connectivity index is 1.64. The van der Waals surface area contributed by atoms with Crippen LogP contribution in [-0.2, 0) is 28.9 Å². The van der Waals surface area contributed by atoms with Gasteiger partial charge in [-0.3, -0.25) is 0 Å². The standard InChI is InChI=1S/C19H19ClN2O2S/c20-18-10-8-16(9-11-18)14-22-12-4-7-19(22)13-21-25(23,24)15-17-5-2-1-3-6-17/h1-12,21H,13-15H2. The Labute approximate surface area is 153 Å². The summed E-state index contributed by atoms with van der Waals surface area (Å²) in [6.45, 7) is 0.926. The van der Waals surface area contributed by atoms with Crippen LogP contribution in [0.1, 0.15) is 16.8 Å². The monoisotopic (exact) mass is 374 g/mol. The topological polar surface area (TPSA) is 51.1 Å². The Bertz CT molecular complexity index is 920. The van der Waals surface area contributed by atoms with E-state index >= 15 is 0 Å². The van der Waals surface area contributed by atoms with Crippen molar-refractivity contribution in [1.82, 2.24) is 9.29 Å². The molecule has 6 heteroatoms. The molecule has 0 aliphatic carbocycles. The van der Waals surface area contributed by atoms with Gasteiger partial charge >= 0.3 is 0 Å². The first kappa shape index (κ1) is 17.7. The van der Waals surface area contributed by atoms with Crippen LogP contribution in [0.4, 0.5) is 0 Å². The molecule has 0 radical (unpaired) electrons. The average Bonchev–Trinajstić information content (AvgIpc) is 3.03. The molecule has 3 rings (SSSR count). The molecule has 130 valence electrons. The quantitative estimate of drug-likeness (QED) is 0.683. The maximum atomic E-state index is 12.3. The molecule has 1 heterocycles. The predicted molar refractivity (Wildman–Crippen MR) is 101 cm³/mol. The van der Waals surface area contributed by atoms with E-state index in [0.717, 1.165) is 16.8 Å². The highest BCUT2D eigenvalue weighted by atomic mass is 35.5. The zero-order chi connectivity index (χ0) is 17.7. The van der Waals surface area contributed by atoms with Gasteiger partial charge in [0.1, 0.15) is 0 Å². The van der Waals surface area contributed by atoms with E-state index < -0.39 is 10.0 Å². The highest BCUT2D eigenvalue weighted by Crippen LogP contribution is 2.13. The van der Waals surface area contributed by atoms with Gasteiger partial charge in [-0.2, -0.15) is 0 Å². The normalized spacial score (nSPS) is 11.6. The van der Waals surface area contributed by atoms with Crippen molar-refractivity contribution in [1.29, 1.82) is 0 Å². The molecule has 2 aromatic carbocycles. The van der Waals surface area contributed by atoms with E-state index in [9.17, 15) is 8.42 Å². The predicted octanol–water partition coefficient (Wildman–Crippen LogP) is 3.81. The molecular weight excluding hydrogens is 356 g/mol. The summed E-state index contributed by atoms with van der Waals surface area (Å²) in [6.07, 6.45) is 1.94. The zero-order valence-electron chi connectivity index (χ0n) is 13.6. The summed E-state index contributed by atoms with van der Waals surface area (Å²) in [7, 11) is -3.39. The third-order valence-corrected chi connectivity index (χ3v) is 5.41. The highest BCUT2D eigenvalue weighted by Gasteiger charge is 2.12. The van der Waals surface area contributed by atoms with Gasteiger partial charge in [0.25, 0.3) is 0 Å². The van der Waals surface area contributed by atoms with Crippen molar-refractivity contribution >= 4 is 21.6 Å². The molecule has 25 heavy (non-hydrogen) atoms. The Hall–Kier alpha value is -2.08. The number of benzene rings is 2. The molecule has 0 atom stereocenters. The van der Waals surface area contributed by atoms with E-state index in [1.807, 2.05) is 77.5 Å². The van der Waals surface area contributed by atoms with Gasteiger partial charge in [0.15, 0.2) is 0 Å². The summed E-state index contributed by atoms with van der Waals surface area (Å²) in [5, 5.41) is 0.699. The van der Waals surface area contributed by atoms with Crippen LogP contribution in [0.5, 0.6) is 0 Å². The van der Waals surface area contributed by atoms with E-state index in [-0.39, 0.29) is 12.3 Å². The van der Waals surface area contributed by atoms with Crippen LogP contribution in [-0.4, -0.2) is 13.0 Å². The summed E-state index contributed by atoms with van der Waals surface area (Å²) in [5.74, 6) is -0.0221. The maximum Gasteiger partial charge on any atom is 0.216 e. The van der Waals surface area contributed by atoms with Gasteiger partial charge in [0, 0.05) is 23.5 Å². The largest absolute Gasteiger partial charge is 0.346 e. The minimum atomic E-state index is -3.39. The lowest BCUT2D eigenvalue weighted by Gasteiger charge is -2.11. The number of nitrogens with zero attached hydrogens (tertiary/aromatic N) is 1. The molecule has 0 saturated heterocycles. The van der Waals surface area contributed by atoms with Crippen LogP contribution in [0.15, 0.2) is 72.9 Å². The molecular formula is C19H19ClN2O2S. The molecule has 0 spiro atoms. The maximum absolute atomic E-state index is 12.3. The number of sulfonamides is 1. The number of rotatable bonds is 7. The van der Waals surface area contributed by atoms with E-state index in [1.165, 1.54) is 0 Å². The van der Waals surface area contributed by atoms with Gasteiger partial charge in [-0.25, -0.2) is 13.1 Å². The number of aromatic nitrogens is 1. The summed E-state index contributed by atoms with van der Waals surface area (Å²) in [5.41, 5.74) is 2.78. The molecule has 3 aromatic rings. The first-order valence-electron chi connectivity index (χ1n) is 7.91. The van der Waals surface area contributed by atoms with Crippen LogP contribution in [0.25, 0.3) is 0 Å². The molecule has 4 nitrogen and oxygen atoms in total. The van der Waals surface area contributed by atoms with Crippen LogP contribution >= 0.6 is 11.6 Å². The average molecular weight is 375 g/mol. The minimum absolute atomic E-state index is 0.0221. The van der Waals surface area contributed by atoms with E-state index in [0.29, 0.717) is 11.6 Å².